The molecule has 0 N–H and O–H groups in total. The molecule has 66 valence electrons. The monoisotopic (exact) mass is 170 g/mol. The minimum absolute atomic E-state index is 0.703. The summed E-state index contributed by atoms with van der Waals surface area (Å²) in [7, 11) is -0.703. The van der Waals surface area contributed by atoms with Gasteiger partial charge >= 0.3 is 0 Å². The summed E-state index contributed by atoms with van der Waals surface area (Å²) < 4.78 is 0. The molecule has 1 fully saturated rings. The average molecular weight is 170 g/mol. The van der Waals surface area contributed by atoms with Crippen molar-refractivity contribution in [3.63, 3.8) is 0 Å². The van der Waals surface area contributed by atoms with Gasteiger partial charge < -0.3 is 0 Å². The molecule has 0 aliphatic carbocycles. The maximum Gasteiger partial charge on any atom is 0.0473 e. The van der Waals surface area contributed by atoms with Crippen molar-refractivity contribution in [2.75, 3.05) is 0 Å². The third-order valence-corrected chi connectivity index (χ3v) is 6.52. The molecular weight excluding hydrogens is 148 g/mol. The summed E-state index contributed by atoms with van der Waals surface area (Å²) in [6.45, 7) is 7.53. The highest BCUT2D eigenvalue weighted by atomic mass is 28.3. The maximum absolute atomic E-state index is 2.56. The van der Waals surface area contributed by atoms with Gasteiger partial charge in [0.05, 0.1) is 0 Å². The van der Waals surface area contributed by atoms with Crippen molar-refractivity contribution in [1.82, 2.24) is 0 Å². The fourth-order valence-corrected chi connectivity index (χ4v) is 4.70. The van der Waals surface area contributed by atoms with E-state index >= 15 is 0 Å². The maximum atomic E-state index is 2.56. The van der Waals surface area contributed by atoms with Crippen molar-refractivity contribution in [2.45, 2.75) is 57.8 Å². The van der Waals surface area contributed by atoms with Gasteiger partial charge in [0.15, 0.2) is 0 Å². The highest BCUT2D eigenvalue weighted by Gasteiger charge is 2.22. The first kappa shape index (κ1) is 9.31. The Kier molecular flexibility index (Phi) is 3.17. The summed E-state index contributed by atoms with van der Waals surface area (Å²) in [6.07, 6.45) is 6.02. The van der Waals surface area contributed by atoms with Crippen LogP contribution >= 0.6 is 0 Å². The molecule has 0 saturated carbocycles. The summed E-state index contributed by atoms with van der Waals surface area (Å²) in [5.74, 6) is 1.01. The molecule has 1 rings (SSSR count). The van der Waals surface area contributed by atoms with Crippen molar-refractivity contribution in [1.29, 1.82) is 0 Å². The number of rotatable bonds is 0. The fourth-order valence-electron chi connectivity index (χ4n) is 2.13. The van der Waals surface area contributed by atoms with Crippen LogP contribution in [0.4, 0.5) is 0 Å². The first-order valence-electron chi connectivity index (χ1n) is 5.10. The molecule has 1 aliphatic heterocycles. The largest absolute Gasteiger partial charge is 0.0693 e. The first-order chi connectivity index (χ1) is 5.10. The lowest BCUT2D eigenvalue weighted by atomic mass is 10.0. The molecule has 0 bridgehead atoms. The molecule has 1 saturated heterocycles. The van der Waals surface area contributed by atoms with Crippen molar-refractivity contribution in [2.24, 2.45) is 5.92 Å². The standard InChI is InChI=1S/C10H22Si/c1-10-6-4-8-11(2,3)9-5-7-10/h10H,4-9H2,1-3H3. The summed E-state index contributed by atoms with van der Waals surface area (Å²) in [5.41, 5.74) is 0. The molecule has 0 spiro atoms. The van der Waals surface area contributed by atoms with Crippen LogP contribution in [0.1, 0.15) is 32.6 Å². The van der Waals surface area contributed by atoms with Crippen LogP contribution in [0.3, 0.4) is 0 Å². The second-order valence-electron chi connectivity index (χ2n) is 5.05. The van der Waals surface area contributed by atoms with Gasteiger partial charge in [-0.2, -0.15) is 0 Å². The minimum Gasteiger partial charge on any atom is -0.0693 e. The molecule has 1 aliphatic rings. The van der Waals surface area contributed by atoms with Crippen LogP contribution in [0.15, 0.2) is 0 Å². The van der Waals surface area contributed by atoms with E-state index in [-0.39, 0.29) is 0 Å². The lowest BCUT2D eigenvalue weighted by Gasteiger charge is -2.26. The molecule has 0 radical (unpaired) electrons. The highest BCUT2D eigenvalue weighted by Crippen LogP contribution is 2.28. The zero-order valence-corrected chi connectivity index (χ0v) is 9.32. The molecule has 0 aromatic heterocycles. The van der Waals surface area contributed by atoms with Crippen LogP contribution in [0.5, 0.6) is 0 Å². The quantitative estimate of drug-likeness (QED) is 0.484. The van der Waals surface area contributed by atoms with Crippen molar-refractivity contribution >= 4 is 8.07 Å². The molecule has 0 aromatic carbocycles. The Balaban J connectivity index is 2.35. The van der Waals surface area contributed by atoms with Gasteiger partial charge in [0, 0.05) is 8.07 Å². The van der Waals surface area contributed by atoms with Crippen LogP contribution in [-0.2, 0) is 0 Å². The molecule has 1 heteroatoms. The molecule has 0 nitrogen and oxygen atoms in total. The minimum atomic E-state index is -0.703. The van der Waals surface area contributed by atoms with Gasteiger partial charge in [-0.3, -0.25) is 0 Å². The lowest BCUT2D eigenvalue weighted by molar-refractivity contribution is 0.468. The zero-order chi connectivity index (χ0) is 8.32. The van der Waals surface area contributed by atoms with Gasteiger partial charge in [0.1, 0.15) is 0 Å². The molecule has 0 atom stereocenters. The number of hydrogen-bond donors (Lipinski definition) is 0. The third-order valence-electron chi connectivity index (χ3n) is 3.10. The average Bonchev–Trinajstić information content (AvgIpc) is 1.83. The predicted molar refractivity (Wildman–Crippen MR) is 54.7 cm³/mol. The fraction of sp³-hybridized carbons (Fsp3) is 1.00. The van der Waals surface area contributed by atoms with Gasteiger partial charge in [-0.25, -0.2) is 0 Å². The van der Waals surface area contributed by atoms with Gasteiger partial charge in [0.2, 0.25) is 0 Å². The molecule has 11 heavy (non-hydrogen) atoms. The van der Waals surface area contributed by atoms with Crippen molar-refractivity contribution in [3.8, 4) is 0 Å². The van der Waals surface area contributed by atoms with Crippen molar-refractivity contribution in [3.05, 3.63) is 0 Å². The van der Waals surface area contributed by atoms with Gasteiger partial charge in [0.25, 0.3) is 0 Å². The Labute approximate surface area is 72.4 Å². The van der Waals surface area contributed by atoms with E-state index in [4.69, 9.17) is 0 Å². The van der Waals surface area contributed by atoms with Crippen LogP contribution in [-0.4, -0.2) is 8.07 Å². The van der Waals surface area contributed by atoms with E-state index in [1.807, 2.05) is 0 Å². The second-order valence-corrected chi connectivity index (χ2v) is 10.4. The molecular formula is C10H22Si. The summed E-state index contributed by atoms with van der Waals surface area (Å²) in [6, 6.07) is 3.16. The Morgan fingerprint density at radius 1 is 1.00 bits per heavy atom. The first-order valence-corrected chi connectivity index (χ1v) is 8.52. The summed E-state index contributed by atoms with van der Waals surface area (Å²) in [4.78, 5) is 0. The van der Waals surface area contributed by atoms with E-state index in [9.17, 15) is 0 Å². The van der Waals surface area contributed by atoms with E-state index in [0.717, 1.165) is 5.92 Å². The molecule has 0 aromatic rings. The number of hydrogen-bond acceptors (Lipinski definition) is 0. The summed E-state index contributed by atoms with van der Waals surface area (Å²) in [5, 5.41) is 0. The topological polar surface area (TPSA) is 0 Å². The van der Waals surface area contributed by atoms with Crippen LogP contribution < -0.4 is 0 Å². The Morgan fingerprint density at radius 3 is 1.91 bits per heavy atom. The molecule has 0 amide bonds. The van der Waals surface area contributed by atoms with E-state index in [1.54, 1.807) is 12.1 Å². The van der Waals surface area contributed by atoms with E-state index in [2.05, 4.69) is 20.0 Å². The Morgan fingerprint density at radius 2 is 1.45 bits per heavy atom. The normalized spacial score (nSPS) is 27.5. The highest BCUT2D eigenvalue weighted by molar-refractivity contribution is 6.77. The van der Waals surface area contributed by atoms with E-state index < -0.39 is 8.07 Å². The van der Waals surface area contributed by atoms with Crippen LogP contribution in [0.2, 0.25) is 25.2 Å². The molecule has 0 unspecified atom stereocenters. The molecule has 1 heterocycles. The SMILES string of the molecule is CC1CCC[Si](C)(C)CCC1. The predicted octanol–water partition coefficient (Wildman–Crippen LogP) is 3.90. The van der Waals surface area contributed by atoms with Gasteiger partial charge in [-0.05, 0) is 5.92 Å². The van der Waals surface area contributed by atoms with Crippen LogP contribution in [0.25, 0.3) is 0 Å². The second kappa shape index (κ2) is 3.75. The third kappa shape index (κ3) is 3.41. The van der Waals surface area contributed by atoms with E-state index in [1.165, 1.54) is 25.7 Å². The van der Waals surface area contributed by atoms with Crippen molar-refractivity contribution < 1.29 is 0 Å². The Bertz CT molecular complexity index is 106. The van der Waals surface area contributed by atoms with Gasteiger partial charge in [-0.1, -0.05) is 57.8 Å². The summed E-state index contributed by atoms with van der Waals surface area (Å²) >= 11 is 0. The Hall–Kier alpha value is 0.217. The zero-order valence-electron chi connectivity index (χ0n) is 8.32. The van der Waals surface area contributed by atoms with E-state index in [0.29, 0.717) is 0 Å². The van der Waals surface area contributed by atoms with Gasteiger partial charge in [-0.15, -0.1) is 0 Å². The lowest BCUT2D eigenvalue weighted by Crippen LogP contribution is -2.26. The van der Waals surface area contributed by atoms with Crippen LogP contribution in [0, 0.1) is 5.92 Å². The smallest absolute Gasteiger partial charge is 0.0473 e.